The van der Waals surface area contributed by atoms with Crippen molar-refractivity contribution in [2.24, 2.45) is 11.8 Å². The predicted molar refractivity (Wildman–Crippen MR) is 67.3 cm³/mol. The van der Waals surface area contributed by atoms with Crippen molar-refractivity contribution in [3.8, 4) is 0 Å². The van der Waals surface area contributed by atoms with Crippen LogP contribution in [0.5, 0.6) is 0 Å². The Balaban J connectivity index is 0.00000161. The summed E-state index contributed by atoms with van der Waals surface area (Å²) >= 11 is 0. The zero-order valence-electron chi connectivity index (χ0n) is 12.1. The number of fused-ring (bicyclic) bond motifs is 1. The van der Waals surface area contributed by atoms with Crippen LogP contribution < -0.4 is 61.8 Å². The van der Waals surface area contributed by atoms with Crippen molar-refractivity contribution >= 4 is 12.0 Å². The number of nitrogens with zero attached hydrogens (tertiary/aromatic N) is 1. The number of furan rings is 1. The van der Waals surface area contributed by atoms with E-state index in [1.54, 1.807) is 12.3 Å². The number of hydrogen-bond donors (Lipinski definition) is 1. The molecule has 1 aromatic rings. The molecule has 6 nitrogen and oxygen atoms in total. The summed E-state index contributed by atoms with van der Waals surface area (Å²) in [6, 6.07) is 0.636. The summed E-state index contributed by atoms with van der Waals surface area (Å²) < 4.78 is 4.92. The van der Waals surface area contributed by atoms with Crippen molar-refractivity contribution in [3.05, 3.63) is 24.2 Å². The Bertz CT molecular complexity index is 505. The molecule has 3 atom stereocenters. The van der Waals surface area contributed by atoms with Gasteiger partial charge >= 0.3 is 57.4 Å². The fraction of sp³-hybridized carbons (Fsp3) is 0.571. The molecule has 1 N–H and O–H groups in total. The van der Waals surface area contributed by atoms with Crippen molar-refractivity contribution in [3.63, 3.8) is 0 Å². The van der Waals surface area contributed by atoms with Crippen LogP contribution in [0.25, 0.3) is 0 Å². The van der Waals surface area contributed by atoms with Crippen LogP contribution in [0.1, 0.15) is 24.8 Å². The topological polar surface area (TPSA) is 85.6 Å². The van der Waals surface area contributed by atoms with Gasteiger partial charge in [0.05, 0.1) is 24.5 Å². The summed E-state index contributed by atoms with van der Waals surface area (Å²) in [6.07, 6.45) is 6.00. The van der Waals surface area contributed by atoms with E-state index in [1.165, 1.54) is 11.2 Å². The second kappa shape index (κ2) is 7.28. The van der Waals surface area contributed by atoms with Gasteiger partial charge in [0.2, 0.25) is 0 Å². The van der Waals surface area contributed by atoms with Gasteiger partial charge in [0, 0.05) is 18.7 Å². The molecule has 7 heteroatoms. The molecule has 108 valence electrons. The van der Waals surface area contributed by atoms with Crippen LogP contribution >= 0.6 is 0 Å². The molecule has 1 aromatic heterocycles. The number of nitrogens with one attached hydrogen (secondary N) is 1. The first-order chi connectivity index (χ1) is 9.66. The van der Waals surface area contributed by atoms with Crippen LogP contribution in [0, 0.1) is 11.8 Å². The van der Waals surface area contributed by atoms with E-state index in [9.17, 15) is 14.7 Å². The normalized spacial score (nSPS) is 27.0. The Morgan fingerprint density at radius 3 is 2.90 bits per heavy atom. The minimum Gasteiger partial charge on any atom is -0.548 e. The Labute approximate surface area is 165 Å². The minimum atomic E-state index is -1.14. The molecule has 3 unspecified atom stereocenters. The molecule has 1 saturated heterocycles. The van der Waals surface area contributed by atoms with Gasteiger partial charge in [-0.05, 0) is 30.7 Å². The summed E-state index contributed by atoms with van der Waals surface area (Å²) in [5, 5.41) is 14.1. The van der Waals surface area contributed by atoms with Gasteiger partial charge in [0.15, 0.2) is 0 Å². The van der Waals surface area contributed by atoms with E-state index in [1.807, 2.05) is 0 Å². The van der Waals surface area contributed by atoms with E-state index in [0.717, 1.165) is 24.8 Å². The number of carboxylic acids is 1. The summed E-state index contributed by atoms with van der Waals surface area (Å²) in [6.45, 7) is 0.849. The van der Waals surface area contributed by atoms with Crippen LogP contribution in [0.15, 0.2) is 23.0 Å². The van der Waals surface area contributed by atoms with Crippen LogP contribution in [0.4, 0.5) is 4.79 Å². The van der Waals surface area contributed by atoms with Crippen molar-refractivity contribution in [2.75, 3.05) is 6.54 Å². The zero-order valence-corrected chi connectivity index (χ0v) is 15.2. The average molecular weight is 316 g/mol. The second-order valence-electron chi connectivity index (χ2n) is 5.56. The van der Waals surface area contributed by atoms with Gasteiger partial charge in [-0.15, -0.1) is 0 Å². The third kappa shape index (κ3) is 3.53. The van der Waals surface area contributed by atoms with Crippen LogP contribution in [0.2, 0.25) is 0 Å². The van der Waals surface area contributed by atoms with E-state index in [2.05, 4.69) is 5.32 Å². The van der Waals surface area contributed by atoms with Gasteiger partial charge in [-0.1, -0.05) is 6.42 Å². The number of rotatable bonds is 3. The number of carbonyl (C=O) groups is 2. The predicted octanol–water partition coefficient (Wildman–Crippen LogP) is -2.66. The van der Waals surface area contributed by atoms with Gasteiger partial charge < -0.3 is 24.5 Å². The molecule has 0 radical (unpaired) electrons. The summed E-state index contributed by atoms with van der Waals surface area (Å²) in [7, 11) is 0. The molecule has 2 fully saturated rings. The fourth-order valence-electron chi connectivity index (χ4n) is 3.49. The molecule has 21 heavy (non-hydrogen) atoms. The van der Waals surface area contributed by atoms with Crippen LogP contribution in [-0.4, -0.2) is 29.5 Å². The number of urea groups is 1. The molecule has 1 saturated carbocycles. The molecule has 2 amide bonds. The molecule has 0 spiro atoms. The fourth-order valence-corrected chi connectivity index (χ4v) is 3.49. The largest absolute Gasteiger partial charge is 1.00 e. The quantitative estimate of drug-likeness (QED) is 0.617. The van der Waals surface area contributed by atoms with Crippen molar-refractivity contribution in [1.82, 2.24) is 10.2 Å². The van der Waals surface area contributed by atoms with Gasteiger partial charge in [-0.25, -0.2) is 4.79 Å². The monoisotopic (exact) mass is 316 g/mol. The first-order valence-corrected chi connectivity index (χ1v) is 6.93. The maximum atomic E-state index is 12.2. The molecule has 2 aliphatic rings. The molecular weight excluding hydrogens is 299 g/mol. The van der Waals surface area contributed by atoms with Crippen LogP contribution in [-0.2, 0) is 11.3 Å². The summed E-state index contributed by atoms with van der Waals surface area (Å²) in [4.78, 5) is 24.9. The Hall–Kier alpha value is -0.344. The number of likely N-dealkylation sites (tertiary alicyclic amines) is 1. The minimum absolute atomic E-state index is 0. The molecule has 3 rings (SSSR count). The summed E-state index contributed by atoms with van der Waals surface area (Å²) in [5.74, 6) is -0.782. The van der Waals surface area contributed by atoms with E-state index >= 15 is 0 Å². The first kappa shape index (κ1) is 17.0. The smallest absolute Gasteiger partial charge is 0.548 e. The maximum absolute atomic E-state index is 12.2. The average Bonchev–Trinajstić information content (AvgIpc) is 3.10. The molecule has 2 heterocycles. The third-order valence-electron chi connectivity index (χ3n) is 4.42. The van der Waals surface area contributed by atoms with E-state index in [0.29, 0.717) is 19.0 Å². The molecule has 1 aliphatic carbocycles. The SMILES string of the molecule is O=C([O-])C1C2CCCC2CN1C(=O)NCc1ccoc1.[K+]. The Morgan fingerprint density at radius 2 is 2.24 bits per heavy atom. The van der Waals surface area contributed by atoms with Gasteiger partial charge in [0.1, 0.15) is 0 Å². The number of hydrogen-bond acceptors (Lipinski definition) is 4. The maximum Gasteiger partial charge on any atom is 1.00 e. The second-order valence-corrected chi connectivity index (χ2v) is 5.56. The Kier molecular flexibility index (Phi) is 5.90. The van der Waals surface area contributed by atoms with Crippen molar-refractivity contribution < 1.29 is 70.5 Å². The third-order valence-corrected chi connectivity index (χ3v) is 4.42. The van der Waals surface area contributed by atoms with Gasteiger partial charge in [-0.3, -0.25) is 0 Å². The number of carbonyl (C=O) groups excluding carboxylic acids is 2. The molecule has 1 aliphatic heterocycles. The van der Waals surface area contributed by atoms with Gasteiger partial charge in [-0.2, -0.15) is 0 Å². The van der Waals surface area contributed by atoms with E-state index < -0.39 is 12.0 Å². The number of amides is 2. The molecule has 0 aromatic carbocycles. The zero-order chi connectivity index (χ0) is 14.1. The van der Waals surface area contributed by atoms with E-state index in [-0.39, 0.29) is 63.3 Å². The summed E-state index contributed by atoms with van der Waals surface area (Å²) in [5.41, 5.74) is 0.850. The van der Waals surface area contributed by atoms with Crippen molar-refractivity contribution in [2.45, 2.75) is 31.8 Å². The first-order valence-electron chi connectivity index (χ1n) is 6.93. The molecule has 0 bridgehead atoms. The molecular formula is C14H17KN2O4. The van der Waals surface area contributed by atoms with Crippen LogP contribution in [0.3, 0.4) is 0 Å². The Morgan fingerprint density at radius 1 is 1.43 bits per heavy atom. The standard InChI is InChI=1S/C14H18N2O4.K/c17-13(18)12-11-3-1-2-10(11)7-16(12)14(19)15-6-9-4-5-20-8-9;/h4-5,8,10-12H,1-3,6-7H2,(H,15,19)(H,17,18);/q;+1/p-1. The van der Waals surface area contributed by atoms with Crippen molar-refractivity contribution in [1.29, 1.82) is 0 Å². The number of carboxylic acid groups (broad SMARTS) is 1. The number of aliphatic carboxylic acids is 1. The van der Waals surface area contributed by atoms with Gasteiger partial charge in [0.25, 0.3) is 0 Å². The van der Waals surface area contributed by atoms with E-state index in [4.69, 9.17) is 4.42 Å².